The van der Waals surface area contributed by atoms with E-state index in [4.69, 9.17) is 0 Å². The average molecular weight is 266 g/mol. The van der Waals surface area contributed by atoms with E-state index in [1.807, 2.05) is 0 Å². The highest BCUT2D eigenvalue weighted by Gasteiger charge is 2.05. The molecule has 0 aromatic carbocycles. The zero-order chi connectivity index (χ0) is 14.3. The third-order valence-electron chi connectivity index (χ3n) is 3.04. The van der Waals surface area contributed by atoms with Crippen LogP contribution in [0.5, 0.6) is 5.75 Å². The molecule has 1 heterocycles. The summed E-state index contributed by atoms with van der Waals surface area (Å²) in [6, 6.07) is 1.34. The fraction of sp³-hybridized carbons (Fsp3) is 0.571. The van der Waals surface area contributed by atoms with Gasteiger partial charge in [0, 0.05) is 31.4 Å². The standard InChI is InChI=1S/C14H22N2O3/c1-3-4-5-6-7-14(19)15-9-11-8-12(17)13(18)10-16(11)2/h8,10,18H,3-7,9H2,1-2H3,(H,15,19). The van der Waals surface area contributed by atoms with Crippen molar-refractivity contribution in [2.75, 3.05) is 0 Å². The molecule has 0 unspecified atom stereocenters. The molecule has 0 saturated heterocycles. The molecule has 0 fully saturated rings. The fourth-order valence-corrected chi connectivity index (χ4v) is 1.82. The molecule has 2 N–H and O–H groups in total. The Morgan fingerprint density at radius 3 is 2.79 bits per heavy atom. The number of aromatic hydroxyl groups is 1. The first-order valence-electron chi connectivity index (χ1n) is 6.69. The zero-order valence-electron chi connectivity index (χ0n) is 11.6. The van der Waals surface area contributed by atoms with E-state index in [-0.39, 0.29) is 11.7 Å². The Labute approximate surface area is 113 Å². The van der Waals surface area contributed by atoms with Crippen molar-refractivity contribution in [1.82, 2.24) is 9.88 Å². The number of aromatic nitrogens is 1. The van der Waals surface area contributed by atoms with Gasteiger partial charge in [-0.2, -0.15) is 0 Å². The highest BCUT2D eigenvalue weighted by atomic mass is 16.3. The van der Waals surface area contributed by atoms with Gasteiger partial charge in [-0.3, -0.25) is 9.59 Å². The molecule has 106 valence electrons. The third kappa shape index (κ3) is 5.16. The predicted octanol–water partition coefficient (Wildman–Crippen LogP) is 1.68. The Balaban J connectivity index is 2.42. The maximum absolute atomic E-state index is 11.6. The molecule has 1 rings (SSSR count). The van der Waals surface area contributed by atoms with E-state index >= 15 is 0 Å². The SMILES string of the molecule is CCCCCCC(=O)NCc1cc(=O)c(O)cn1C. The summed E-state index contributed by atoms with van der Waals surface area (Å²) in [5.41, 5.74) is 0.245. The maximum Gasteiger partial charge on any atom is 0.223 e. The third-order valence-corrected chi connectivity index (χ3v) is 3.04. The van der Waals surface area contributed by atoms with Crippen LogP contribution in [0.2, 0.25) is 0 Å². The van der Waals surface area contributed by atoms with Crippen LogP contribution < -0.4 is 10.7 Å². The number of hydrogen-bond acceptors (Lipinski definition) is 3. The van der Waals surface area contributed by atoms with Crippen molar-refractivity contribution < 1.29 is 9.90 Å². The van der Waals surface area contributed by atoms with E-state index in [0.717, 1.165) is 25.7 Å². The van der Waals surface area contributed by atoms with Gasteiger partial charge in [0.25, 0.3) is 0 Å². The molecule has 1 aromatic rings. The van der Waals surface area contributed by atoms with Crippen molar-refractivity contribution in [1.29, 1.82) is 0 Å². The minimum atomic E-state index is -0.426. The number of carbonyl (C=O) groups excluding carboxylic acids is 1. The summed E-state index contributed by atoms with van der Waals surface area (Å²) >= 11 is 0. The molecule has 0 radical (unpaired) electrons. The predicted molar refractivity (Wildman–Crippen MR) is 74.0 cm³/mol. The summed E-state index contributed by atoms with van der Waals surface area (Å²) in [6.45, 7) is 2.43. The van der Waals surface area contributed by atoms with Crippen LogP contribution in [0.4, 0.5) is 0 Å². The Bertz CT molecular complexity index is 480. The lowest BCUT2D eigenvalue weighted by molar-refractivity contribution is -0.121. The zero-order valence-corrected chi connectivity index (χ0v) is 11.6. The van der Waals surface area contributed by atoms with Gasteiger partial charge in [0.2, 0.25) is 11.3 Å². The highest BCUT2D eigenvalue weighted by molar-refractivity contribution is 5.75. The van der Waals surface area contributed by atoms with Crippen LogP contribution in [0.15, 0.2) is 17.1 Å². The van der Waals surface area contributed by atoms with Crippen molar-refractivity contribution in [3.8, 4) is 5.75 Å². The van der Waals surface area contributed by atoms with Crippen LogP contribution in [-0.2, 0) is 18.4 Å². The van der Waals surface area contributed by atoms with Crippen LogP contribution in [0.25, 0.3) is 0 Å². The molecule has 5 nitrogen and oxygen atoms in total. The molecule has 0 spiro atoms. The van der Waals surface area contributed by atoms with E-state index in [1.54, 1.807) is 11.6 Å². The number of nitrogens with one attached hydrogen (secondary N) is 1. The summed E-state index contributed by atoms with van der Waals surface area (Å²) in [5, 5.41) is 12.0. The lowest BCUT2D eigenvalue weighted by atomic mass is 10.1. The van der Waals surface area contributed by atoms with Crippen molar-refractivity contribution in [3.05, 3.63) is 28.2 Å². The number of unbranched alkanes of at least 4 members (excludes halogenated alkanes) is 3. The lowest BCUT2D eigenvalue weighted by Crippen LogP contribution is -2.25. The molecule has 5 heteroatoms. The van der Waals surface area contributed by atoms with Gasteiger partial charge >= 0.3 is 0 Å². The van der Waals surface area contributed by atoms with E-state index in [9.17, 15) is 14.7 Å². The van der Waals surface area contributed by atoms with Crippen LogP contribution >= 0.6 is 0 Å². The van der Waals surface area contributed by atoms with Gasteiger partial charge in [0.1, 0.15) is 0 Å². The summed E-state index contributed by atoms with van der Waals surface area (Å²) in [6.07, 6.45) is 6.14. The normalized spacial score (nSPS) is 10.4. The molecule has 0 aliphatic heterocycles. The summed E-state index contributed by atoms with van der Waals surface area (Å²) in [7, 11) is 1.72. The first-order valence-corrected chi connectivity index (χ1v) is 6.69. The molecule has 0 bridgehead atoms. The summed E-state index contributed by atoms with van der Waals surface area (Å²) in [5.74, 6) is -0.284. The molecule has 0 aliphatic rings. The van der Waals surface area contributed by atoms with E-state index in [2.05, 4.69) is 12.2 Å². The first kappa shape index (κ1) is 15.3. The Kier molecular flexibility index (Phi) is 6.12. The number of amides is 1. The molecule has 0 saturated carbocycles. The number of nitrogens with zero attached hydrogens (tertiary/aromatic N) is 1. The number of pyridine rings is 1. The average Bonchev–Trinajstić information content (AvgIpc) is 2.37. The Morgan fingerprint density at radius 2 is 2.11 bits per heavy atom. The second-order valence-electron chi connectivity index (χ2n) is 4.71. The second-order valence-corrected chi connectivity index (χ2v) is 4.71. The largest absolute Gasteiger partial charge is 0.503 e. The quantitative estimate of drug-likeness (QED) is 0.738. The van der Waals surface area contributed by atoms with Crippen LogP contribution in [-0.4, -0.2) is 15.6 Å². The van der Waals surface area contributed by atoms with Gasteiger partial charge in [-0.1, -0.05) is 26.2 Å². The molecule has 0 atom stereocenters. The molecule has 1 amide bonds. The minimum Gasteiger partial charge on any atom is -0.503 e. The molecule has 0 aliphatic carbocycles. The monoisotopic (exact) mass is 266 g/mol. The summed E-state index contributed by atoms with van der Waals surface area (Å²) < 4.78 is 1.63. The van der Waals surface area contributed by atoms with E-state index in [0.29, 0.717) is 18.7 Å². The van der Waals surface area contributed by atoms with Crippen molar-refractivity contribution in [3.63, 3.8) is 0 Å². The van der Waals surface area contributed by atoms with Crippen LogP contribution in [0.1, 0.15) is 44.7 Å². The lowest BCUT2D eigenvalue weighted by Gasteiger charge is -2.10. The van der Waals surface area contributed by atoms with Crippen molar-refractivity contribution >= 4 is 5.91 Å². The van der Waals surface area contributed by atoms with Crippen LogP contribution in [0.3, 0.4) is 0 Å². The van der Waals surface area contributed by atoms with Gasteiger partial charge in [-0.25, -0.2) is 0 Å². The van der Waals surface area contributed by atoms with Gasteiger partial charge in [0.05, 0.1) is 6.54 Å². The topological polar surface area (TPSA) is 71.3 Å². The van der Waals surface area contributed by atoms with Crippen LogP contribution in [0, 0.1) is 0 Å². The molecule has 19 heavy (non-hydrogen) atoms. The number of hydrogen-bond donors (Lipinski definition) is 2. The maximum atomic E-state index is 11.6. The molecule has 1 aromatic heterocycles. The minimum absolute atomic E-state index is 0.00312. The smallest absolute Gasteiger partial charge is 0.223 e. The number of rotatable bonds is 7. The number of aryl methyl sites for hydroxylation is 1. The Hall–Kier alpha value is -1.78. The Morgan fingerprint density at radius 1 is 1.37 bits per heavy atom. The van der Waals surface area contributed by atoms with Gasteiger partial charge in [0.15, 0.2) is 5.75 Å². The van der Waals surface area contributed by atoms with Gasteiger partial charge in [-0.15, -0.1) is 0 Å². The number of carbonyl (C=O) groups is 1. The van der Waals surface area contributed by atoms with Gasteiger partial charge in [-0.05, 0) is 6.42 Å². The van der Waals surface area contributed by atoms with Crippen molar-refractivity contribution in [2.45, 2.75) is 45.6 Å². The molecular weight excluding hydrogens is 244 g/mol. The van der Waals surface area contributed by atoms with E-state index in [1.165, 1.54) is 12.3 Å². The second kappa shape index (κ2) is 7.61. The molecular formula is C14H22N2O3. The highest BCUT2D eigenvalue weighted by Crippen LogP contribution is 2.04. The van der Waals surface area contributed by atoms with E-state index < -0.39 is 5.43 Å². The van der Waals surface area contributed by atoms with Gasteiger partial charge < -0.3 is 15.0 Å². The fourth-order valence-electron chi connectivity index (χ4n) is 1.82. The van der Waals surface area contributed by atoms with Crippen molar-refractivity contribution in [2.24, 2.45) is 7.05 Å². The first-order chi connectivity index (χ1) is 9.04. The summed E-state index contributed by atoms with van der Waals surface area (Å²) in [4.78, 5) is 22.9.